The fourth-order valence-electron chi connectivity index (χ4n) is 2.41. The summed E-state index contributed by atoms with van der Waals surface area (Å²) < 4.78 is 6.39. The van der Waals surface area contributed by atoms with Gasteiger partial charge in [-0.05, 0) is 67.7 Å². The third kappa shape index (κ3) is 3.86. The molecule has 1 aliphatic heterocycles. The van der Waals surface area contributed by atoms with Crippen LogP contribution in [0.5, 0.6) is 5.75 Å². The SMILES string of the molecule is CC(C)(C)[Si](C)(C)Oc1cccc(CC2CCNC2)c1. The minimum atomic E-state index is -1.73. The summed E-state index contributed by atoms with van der Waals surface area (Å²) in [5.41, 5.74) is 1.41. The molecule has 3 heteroatoms. The fourth-order valence-corrected chi connectivity index (χ4v) is 3.43. The van der Waals surface area contributed by atoms with Crippen molar-refractivity contribution < 1.29 is 4.43 Å². The van der Waals surface area contributed by atoms with E-state index in [9.17, 15) is 0 Å². The molecular formula is C17H29NOSi. The van der Waals surface area contributed by atoms with Crippen molar-refractivity contribution in [3.63, 3.8) is 0 Å². The van der Waals surface area contributed by atoms with Gasteiger partial charge in [0.2, 0.25) is 8.32 Å². The minimum Gasteiger partial charge on any atom is -0.543 e. The van der Waals surface area contributed by atoms with E-state index in [-0.39, 0.29) is 5.04 Å². The third-order valence-electron chi connectivity index (χ3n) is 4.76. The van der Waals surface area contributed by atoms with Gasteiger partial charge in [-0.2, -0.15) is 0 Å². The lowest BCUT2D eigenvalue weighted by Crippen LogP contribution is -2.43. The molecule has 1 saturated heterocycles. The van der Waals surface area contributed by atoms with Gasteiger partial charge in [0.05, 0.1) is 0 Å². The van der Waals surface area contributed by atoms with Crippen molar-refractivity contribution in [3.05, 3.63) is 29.8 Å². The Kier molecular flexibility index (Phi) is 4.60. The monoisotopic (exact) mass is 291 g/mol. The number of hydrogen-bond acceptors (Lipinski definition) is 2. The Morgan fingerprint density at radius 1 is 1.30 bits per heavy atom. The highest BCUT2D eigenvalue weighted by atomic mass is 28.4. The molecule has 1 fully saturated rings. The first-order chi connectivity index (χ1) is 9.28. The molecule has 1 aromatic carbocycles. The molecule has 1 heterocycles. The van der Waals surface area contributed by atoms with Crippen LogP contribution in [0.15, 0.2) is 24.3 Å². The van der Waals surface area contributed by atoms with Gasteiger partial charge in [0, 0.05) is 0 Å². The lowest BCUT2D eigenvalue weighted by atomic mass is 9.99. The molecule has 1 atom stereocenters. The van der Waals surface area contributed by atoms with Gasteiger partial charge in [-0.15, -0.1) is 0 Å². The molecule has 112 valence electrons. The average Bonchev–Trinajstić information content (AvgIpc) is 2.80. The van der Waals surface area contributed by atoms with Gasteiger partial charge in [0.25, 0.3) is 0 Å². The molecule has 0 bridgehead atoms. The van der Waals surface area contributed by atoms with Crippen molar-refractivity contribution in [3.8, 4) is 5.75 Å². The Bertz CT molecular complexity index is 445. The van der Waals surface area contributed by atoms with E-state index in [0.717, 1.165) is 18.2 Å². The Morgan fingerprint density at radius 3 is 2.65 bits per heavy atom. The van der Waals surface area contributed by atoms with Gasteiger partial charge in [-0.1, -0.05) is 32.9 Å². The first-order valence-electron chi connectivity index (χ1n) is 7.77. The van der Waals surface area contributed by atoms with Crippen molar-refractivity contribution in [2.75, 3.05) is 13.1 Å². The predicted octanol–water partition coefficient (Wildman–Crippen LogP) is 4.22. The molecule has 1 N–H and O–H groups in total. The Morgan fingerprint density at radius 2 is 2.05 bits per heavy atom. The van der Waals surface area contributed by atoms with Gasteiger partial charge >= 0.3 is 0 Å². The van der Waals surface area contributed by atoms with Crippen LogP contribution in [0.2, 0.25) is 18.1 Å². The fraction of sp³-hybridized carbons (Fsp3) is 0.647. The molecule has 0 aromatic heterocycles. The first kappa shape index (κ1) is 15.6. The van der Waals surface area contributed by atoms with Crippen LogP contribution in [-0.2, 0) is 6.42 Å². The van der Waals surface area contributed by atoms with Crippen LogP contribution in [0.3, 0.4) is 0 Å². The van der Waals surface area contributed by atoms with E-state index in [4.69, 9.17) is 4.43 Å². The average molecular weight is 292 g/mol. The van der Waals surface area contributed by atoms with Crippen LogP contribution in [0.1, 0.15) is 32.8 Å². The van der Waals surface area contributed by atoms with Gasteiger partial charge in [-0.3, -0.25) is 0 Å². The number of rotatable bonds is 4. The van der Waals surface area contributed by atoms with Gasteiger partial charge in [0.15, 0.2) is 0 Å². The largest absolute Gasteiger partial charge is 0.543 e. The summed E-state index contributed by atoms with van der Waals surface area (Å²) in [4.78, 5) is 0. The van der Waals surface area contributed by atoms with Gasteiger partial charge in [-0.25, -0.2) is 0 Å². The predicted molar refractivity (Wildman–Crippen MR) is 88.9 cm³/mol. The molecule has 1 unspecified atom stereocenters. The van der Waals surface area contributed by atoms with Crippen molar-refractivity contribution in [1.82, 2.24) is 5.32 Å². The molecule has 0 radical (unpaired) electrons. The van der Waals surface area contributed by atoms with Crippen molar-refractivity contribution >= 4 is 8.32 Å². The summed E-state index contributed by atoms with van der Waals surface area (Å²) in [5, 5.41) is 3.69. The second-order valence-electron chi connectivity index (χ2n) is 7.57. The number of nitrogens with one attached hydrogen (secondary N) is 1. The molecule has 2 rings (SSSR count). The van der Waals surface area contributed by atoms with Crippen molar-refractivity contribution in [1.29, 1.82) is 0 Å². The van der Waals surface area contributed by atoms with E-state index in [1.54, 1.807) is 0 Å². The molecule has 1 aliphatic rings. The highest BCUT2D eigenvalue weighted by Crippen LogP contribution is 2.37. The van der Waals surface area contributed by atoms with Crippen LogP contribution in [-0.4, -0.2) is 21.4 Å². The van der Waals surface area contributed by atoms with Crippen LogP contribution in [0, 0.1) is 5.92 Å². The molecule has 0 amide bonds. The maximum absolute atomic E-state index is 6.39. The van der Waals surface area contributed by atoms with Crippen LogP contribution in [0.25, 0.3) is 0 Å². The van der Waals surface area contributed by atoms with E-state index < -0.39 is 8.32 Å². The van der Waals surface area contributed by atoms with E-state index in [2.05, 4.69) is 63.4 Å². The van der Waals surface area contributed by atoms with E-state index in [1.165, 1.54) is 24.9 Å². The topological polar surface area (TPSA) is 21.3 Å². The van der Waals surface area contributed by atoms with E-state index in [1.807, 2.05) is 0 Å². The van der Waals surface area contributed by atoms with Crippen LogP contribution < -0.4 is 9.74 Å². The van der Waals surface area contributed by atoms with E-state index >= 15 is 0 Å². The van der Waals surface area contributed by atoms with E-state index in [0.29, 0.717) is 0 Å². The maximum atomic E-state index is 6.39. The second kappa shape index (κ2) is 5.90. The highest BCUT2D eigenvalue weighted by molar-refractivity contribution is 6.74. The molecule has 0 aliphatic carbocycles. The standard InChI is InChI=1S/C17H29NOSi/c1-17(2,3)20(4,5)19-16-8-6-7-14(12-16)11-15-9-10-18-13-15/h6-8,12,15,18H,9-11,13H2,1-5H3. The molecule has 2 nitrogen and oxygen atoms in total. The lowest BCUT2D eigenvalue weighted by molar-refractivity contribution is 0.490. The summed E-state index contributed by atoms with van der Waals surface area (Å²) in [6.07, 6.45) is 2.47. The zero-order chi connectivity index (χ0) is 14.8. The molecule has 0 saturated carbocycles. The number of benzene rings is 1. The van der Waals surface area contributed by atoms with Crippen molar-refractivity contribution in [2.24, 2.45) is 5.92 Å². The third-order valence-corrected chi connectivity index (χ3v) is 9.12. The minimum absolute atomic E-state index is 0.248. The zero-order valence-corrected chi connectivity index (χ0v) is 14.6. The summed E-state index contributed by atoms with van der Waals surface area (Å²) in [7, 11) is -1.73. The zero-order valence-electron chi connectivity index (χ0n) is 13.6. The molecule has 20 heavy (non-hydrogen) atoms. The first-order valence-corrected chi connectivity index (χ1v) is 10.7. The lowest BCUT2D eigenvalue weighted by Gasteiger charge is -2.36. The molecule has 0 spiro atoms. The van der Waals surface area contributed by atoms with Crippen molar-refractivity contribution in [2.45, 2.75) is 51.7 Å². The Labute approximate surface area is 125 Å². The summed E-state index contributed by atoms with van der Waals surface area (Å²) in [5.74, 6) is 1.85. The summed E-state index contributed by atoms with van der Waals surface area (Å²) in [6.45, 7) is 13.8. The van der Waals surface area contributed by atoms with Gasteiger partial charge < -0.3 is 9.74 Å². The van der Waals surface area contributed by atoms with Gasteiger partial charge in [0.1, 0.15) is 5.75 Å². The smallest absolute Gasteiger partial charge is 0.250 e. The Balaban J connectivity index is 2.05. The highest BCUT2D eigenvalue weighted by Gasteiger charge is 2.38. The molecule has 1 aromatic rings. The maximum Gasteiger partial charge on any atom is 0.250 e. The summed E-state index contributed by atoms with van der Waals surface area (Å²) >= 11 is 0. The number of hydrogen-bond donors (Lipinski definition) is 1. The van der Waals surface area contributed by atoms with Crippen LogP contribution in [0.4, 0.5) is 0 Å². The summed E-state index contributed by atoms with van der Waals surface area (Å²) in [6, 6.07) is 8.73. The quantitative estimate of drug-likeness (QED) is 0.839. The Hall–Kier alpha value is -0.803. The normalized spacial score (nSPS) is 20.1. The molecular weight excluding hydrogens is 262 g/mol. The van der Waals surface area contributed by atoms with Crippen LogP contribution >= 0.6 is 0 Å². The second-order valence-corrected chi connectivity index (χ2v) is 12.3.